The average Bonchev–Trinajstić information content (AvgIpc) is 1.85. The molecule has 0 saturated carbocycles. The van der Waals surface area contributed by atoms with Crippen molar-refractivity contribution in [1.29, 1.82) is 0 Å². The van der Waals surface area contributed by atoms with E-state index in [1.807, 2.05) is 0 Å². The third kappa shape index (κ3) is 1420. The molecule has 0 aliphatic rings. The minimum Gasteiger partial charge on any atom is -0.116 e. The maximum atomic E-state index is 3.25. The molecule has 0 aromatic heterocycles. The molecule has 0 heterocycles. The van der Waals surface area contributed by atoms with Gasteiger partial charge in [0.2, 0.25) is 0 Å². The minimum absolute atomic E-state index is 0. The van der Waals surface area contributed by atoms with E-state index >= 15 is 0 Å². The maximum absolute atomic E-state index is 3.25. The molecule has 0 aliphatic heterocycles. The fourth-order valence-electron chi connectivity index (χ4n) is 0. The van der Waals surface area contributed by atoms with Crippen LogP contribution in [0.2, 0.25) is 0 Å². The van der Waals surface area contributed by atoms with E-state index in [-0.39, 0.29) is 17.4 Å². The Bertz CT molecular complexity index is 44.1. The van der Waals surface area contributed by atoms with Gasteiger partial charge < -0.3 is 0 Å². The number of rotatable bonds is 0. The van der Waals surface area contributed by atoms with Gasteiger partial charge in [-0.15, -0.1) is 15.8 Å². The van der Waals surface area contributed by atoms with Crippen LogP contribution in [0.15, 0.2) is 0 Å². The summed E-state index contributed by atoms with van der Waals surface area (Å²) in [5.41, 5.74) is 0. The fourth-order valence-corrected chi connectivity index (χ4v) is 0. The summed E-state index contributed by atoms with van der Waals surface area (Å²) in [5, 5.41) is 0. The first-order chi connectivity index (χ1) is 6.29. The van der Waals surface area contributed by atoms with Crippen LogP contribution >= 0.6 is 15.8 Å². The van der Waals surface area contributed by atoms with E-state index in [9.17, 15) is 0 Å². The van der Waals surface area contributed by atoms with Crippen molar-refractivity contribution in [3.63, 3.8) is 0 Å². The van der Waals surface area contributed by atoms with E-state index in [0.717, 1.165) is 0 Å². The van der Waals surface area contributed by atoms with E-state index in [4.69, 9.17) is 0 Å². The van der Waals surface area contributed by atoms with Crippen molar-refractivity contribution in [2.45, 2.75) is 0 Å². The first-order valence-electron chi connectivity index (χ1n) is 4.32. The van der Waals surface area contributed by atoms with E-state index in [0.29, 0.717) is 15.8 Å². The van der Waals surface area contributed by atoms with Gasteiger partial charge in [-0.25, -0.2) is 0 Å². The third-order valence-corrected chi connectivity index (χ3v) is 0. The zero-order chi connectivity index (χ0) is 12.6. The molecule has 0 aromatic rings. The normalized spacial score (nSPS) is 7.20. The Balaban J connectivity index is -0.0000000293. The SMILES string of the molecule is CP(C)C.CP(C)C.[CH2][CH][CH2].[CH2][CH][CH2].[Cr]. The van der Waals surface area contributed by atoms with Gasteiger partial charge in [-0.3, -0.25) is 0 Å². The van der Waals surface area contributed by atoms with E-state index in [2.05, 4.69) is 67.7 Å². The van der Waals surface area contributed by atoms with E-state index < -0.39 is 0 Å². The Kier molecular flexibility index (Phi) is 72.1. The van der Waals surface area contributed by atoms with Crippen LogP contribution < -0.4 is 0 Å². The van der Waals surface area contributed by atoms with Gasteiger partial charge in [-0.05, 0) is 80.5 Å². The molecule has 0 aromatic carbocycles. The van der Waals surface area contributed by atoms with Gasteiger partial charge >= 0.3 is 0 Å². The van der Waals surface area contributed by atoms with Crippen molar-refractivity contribution in [3.8, 4) is 0 Å². The molecule has 92 valence electrons. The Labute approximate surface area is 114 Å². The summed E-state index contributed by atoms with van der Waals surface area (Å²) < 4.78 is 0. The molecule has 0 aliphatic carbocycles. The second-order valence-corrected chi connectivity index (χ2v) is 8.63. The molecule has 0 N–H and O–H groups in total. The molecule has 0 saturated heterocycles. The monoisotopic (exact) mass is 286 g/mol. The second kappa shape index (κ2) is 36.1. The quantitative estimate of drug-likeness (QED) is 0.578. The van der Waals surface area contributed by atoms with E-state index in [1.54, 1.807) is 0 Å². The summed E-state index contributed by atoms with van der Waals surface area (Å²) in [5.74, 6) is 0. The molecule has 0 spiro atoms. The summed E-state index contributed by atoms with van der Waals surface area (Å²) in [7, 11) is 0.759. The molecule has 6 radical (unpaired) electrons. The predicted octanol–water partition coefficient (Wildman–Crippen LogP) is 4.43. The second-order valence-electron chi connectivity index (χ2n) is 3.26. The van der Waals surface area contributed by atoms with Crippen LogP contribution in [0.1, 0.15) is 0 Å². The van der Waals surface area contributed by atoms with E-state index in [1.165, 1.54) is 12.8 Å². The first-order valence-corrected chi connectivity index (χ1v) is 9.68. The van der Waals surface area contributed by atoms with Gasteiger partial charge in [0.1, 0.15) is 0 Å². The van der Waals surface area contributed by atoms with Crippen molar-refractivity contribution in [2.24, 2.45) is 0 Å². The third-order valence-electron chi connectivity index (χ3n) is 0. The minimum atomic E-state index is 0. The number of hydrogen-bond acceptors (Lipinski definition) is 0. The van der Waals surface area contributed by atoms with Crippen molar-refractivity contribution in [3.05, 3.63) is 40.5 Å². The van der Waals surface area contributed by atoms with Crippen molar-refractivity contribution < 1.29 is 17.4 Å². The molecular formula is C12H28CrP2. The van der Waals surface area contributed by atoms with Crippen molar-refractivity contribution in [1.82, 2.24) is 0 Å². The Morgan fingerprint density at radius 1 is 0.600 bits per heavy atom. The first kappa shape index (κ1) is 29.9. The molecule has 0 atom stereocenters. The zero-order valence-electron chi connectivity index (χ0n) is 11.3. The largest absolute Gasteiger partial charge is 0.116 e. The topological polar surface area (TPSA) is 0 Å². The predicted molar refractivity (Wildman–Crippen MR) is 79.4 cm³/mol. The van der Waals surface area contributed by atoms with Crippen LogP contribution in [0.25, 0.3) is 0 Å². The molecule has 0 nitrogen and oxygen atoms in total. The van der Waals surface area contributed by atoms with Gasteiger partial charge in [0.05, 0.1) is 0 Å². The average molecular weight is 286 g/mol. The smallest absolute Gasteiger partial charge is 0 e. The summed E-state index contributed by atoms with van der Waals surface area (Å²) in [6.07, 6.45) is 3.00. The van der Waals surface area contributed by atoms with Crippen LogP contribution in [-0.4, -0.2) is 40.0 Å². The van der Waals surface area contributed by atoms with Gasteiger partial charge in [-0.1, -0.05) is 0 Å². The number of hydrogen-bond donors (Lipinski definition) is 0. The Morgan fingerprint density at radius 3 is 0.600 bits per heavy atom. The van der Waals surface area contributed by atoms with Gasteiger partial charge in [0, 0.05) is 17.4 Å². The maximum Gasteiger partial charge on any atom is 0 e. The standard InChI is InChI=1S/2C3H9P.2C3H5.Cr/c2*1-4(2)3;2*1-3-2;/h2*1-3H3;2*3H,1-2H2;. The summed E-state index contributed by atoms with van der Waals surface area (Å²) in [4.78, 5) is 0. The summed E-state index contributed by atoms with van der Waals surface area (Å²) in [6.45, 7) is 26.4. The molecule has 0 amide bonds. The summed E-state index contributed by atoms with van der Waals surface area (Å²) in [6, 6.07) is 0. The fraction of sp³-hybridized carbons (Fsp3) is 0.500. The molecule has 0 rings (SSSR count). The van der Waals surface area contributed by atoms with Crippen LogP contribution in [-0.2, 0) is 17.4 Å². The van der Waals surface area contributed by atoms with Crippen LogP contribution in [0.4, 0.5) is 0 Å². The van der Waals surface area contributed by atoms with Crippen LogP contribution in [0, 0.1) is 40.5 Å². The van der Waals surface area contributed by atoms with Crippen molar-refractivity contribution in [2.75, 3.05) is 40.0 Å². The van der Waals surface area contributed by atoms with Crippen LogP contribution in [0.5, 0.6) is 0 Å². The molecule has 15 heavy (non-hydrogen) atoms. The molecule has 0 bridgehead atoms. The van der Waals surface area contributed by atoms with Crippen molar-refractivity contribution >= 4 is 15.8 Å². The molecular weight excluding hydrogens is 258 g/mol. The molecule has 0 fully saturated rings. The zero-order valence-corrected chi connectivity index (χ0v) is 14.3. The van der Waals surface area contributed by atoms with Gasteiger partial charge in [0.25, 0.3) is 0 Å². The Morgan fingerprint density at radius 2 is 0.600 bits per heavy atom. The molecule has 3 heteroatoms. The Hall–Kier alpha value is 1.39. The van der Waals surface area contributed by atoms with Gasteiger partial charge in [-0.2, -0.15) is 0 Å². The molecule has 0 unspecified atom stereocenters. The summed E-state index contributed by atoms with van der Waals surface area (Å²) >= 11 is 0. The van der Waals surface area contributed by atoms with Crippen LogP contribution in [0.3, 0.4) is 0 Å². The van der Waals surface area contributed by atoms with Gasteiger partial charge in [0.15, 0.2) is 0 Å².